The minimum Gasteiger partial charge on any atom is -0.467 e. The van der Waals surface area contributed by atoms with Crippen LogP contribution in [0.1, 0.15) is 11.7 Å². The van der Waals surface area contributed by atoms with Gasteiger partial charge in [0, 0.05) is 0 Å². The summed E-state index contributed by atoms with van der Waals surface area (Å²) in [5, 5.41) is 12.1. The average Bonchev–Trinajstić information content (AvgIpc) is 2.35. The Morgan fingerprint density at radius 3 is 2.56 bits per heavy atom. The van der Waals surface area contributed by atoms with E-state index in [-0.39, 0.29) is 0 Å². The lowest BCUT2D eigenvalue weighted by Gasteiger charge is -2.20. The molecule has 1 amide bonds. The van der Waals surface area contributed by atoms with Gasteiger partial charge in [0.05, 0.1) is 7.11 Å². The predicted molar refractivity (Wildman–Crippen MR) is 56.4 cm³/mol. The molecule has 5 heteroatoms. The maximum absolute atomic E-state index is 11.3. The molecule has 0 heterocycles. The van der Waals surface area contributed by atoms with Crippen molar-refractivity contribution in [3.63, 3.8) is 0 Å². The molecule has 16 heavy (non-hydrogen) atoms. The fraction of sp³-hybridized carbons (Fsp3) is 0.273. The maximum atomic E-state index is 11.3. The molecular formula is C11H13NO4. The van der Waals surface area contributed by atoms with E-state index in [0.29, 0.717) is 12.0 Å². The molecule has 0 radical (unpaired) electrons. The number of esters is 1. The van der Waals surface area contributed by atoms with Gasteiger partial charge < -0.3 is 15.2 Å². The Morgan fingerprint density at radius 1 is 1.44 bits per heavy atom. The molecule has 0 saturated carbocycles. The Bertz CT molecular complexity index is 352. The van der Waals surface area contributed by atoms with Gasteiger partial charge in [0.2, 0.25) is 6.41 Å². The summed E-state index contributed by atoms with van der Waals surface area (Å²) in [6, 6.07) is 7.48. The summed E-state index contributed by atoms with van der Waals surface area (Å²) in [4.78, 5) is 21.7. The Labute approximate surface area is 93.0 Å². The van der Waals surface area contributed by atoms with Crippen LogP contribution in [0, 0.1) is 0 Å². The second-order valence-corrected chi connectivity index (χ2v) is 3.14. The number of carbonyl (C=O) groups is 2. The molecule has 1 aromatic rings. The zero-order valence-corrected chi connectivity index (χ0v) is 8.79. The Balaban J connectivity index is 2.86. The van der Waals surface area contributed by atoms with E-state index < -0.39 is 18.1 Å². The molecule has 0 fully saturated rings. The van der Waals surface area contributed by atoms with Crippen LogP contribution in [-0.2, 0) is 14.3 Å². The van der Waals surface area contributed by atoms with Crippen LogP contribution in [0.3, 0.4) is 0 Å². The van der Waals surface area contributed by atoms with Crippen LogP contribution in [0.2, 0.25) is 0 Å². The fourth-order valence-electron chi connectivity index (χ4n) is 1.33. The van der Waals surface area contributed by atoms with Crippen molar-refractivity contribution in [2.24, 2.45) is 0 Å². The first kappa shape index (κ1) is 12.2. The third-order valence-electron chi connectivity index (χ3n) is 2.16. The molecule has 2 N–H and O–H groups in total. The number of carbonyl (C=O) groups excluding carboxylic acids is 2. The number of amides is 1. The summed E-state index contributed by atoms with van der Waals surface area (Å²) in [6.07, 6.45) is -0.771. The van der Waals surface area contributed by atoms with Gasteiger partial charge in [0.15, 0.2) is 6.04 Å². The van der Waals surface area contributed by atoms with Gasteiger partial charge in [0.25, 0.3) is 0 Å². The van der Waals surface area contributed by atoms with Crippen molar-refractivity contribution < 1.29 is 19.4 Å². The fourth-order valence-corrected chi connectivity index (χ4v) is 1.33. The van der Waals surface area contributed by atoms with Crippen LogP contribution < -0.4 is 5.32 Å². The molecule has 0 aromatic heterocycles. The normalized spacial score (nSPS) is 13.6. The van der Waals surface area contributed by atoms with Crippen LogP contribution in [-0.4, -0.2) is 30.6 Å². The van der Waals surface area contributed by atoms with Crippen molar-refractivity contribution in [1.82, 2.24) is 5.32 Å². The molecule has 1 rings (SSSR count). The van der Waals surface area contributed by atoms with E-state index in [0.717, 1.165) is 0 Å². The summed E-state index contributed by atoms with van der Waals surface area (Å²) < 4.78 is 4.49. The largest absolute Gasteiger partial charge is 0.467 e. The van der Waals surface area contributed by atoms with Crippen LogP contribution >= 0.6 is 0 Å². The van der Waals surface area contributed by atoms with Gasteiger partial charge in [-0.05, 0) is 5.56 Å². The highest BCUT2D eigenvalue weighted by Gasteiger charge is 2.28. The molecule has 1 aromatic carbocycles. The van der Waals surface area contributed by atoms with Crippen molar-refractivity contribution >= 4 is 12.4 Å². The van der Waals surface area contributed by atoms with E-state index in [2.05, 4.69) is 10.1 Å². The third-order valence-corrected chi connectivity index (χ3v) is 2.16. The highest BCUT2D eigenvalue weighted by Crippen LogP contribution is 2.16. The minimum atomic E-state index is -1.13. The zero-order chi connectivity index (χ0) is 12.0. The Kier molecular flexibility index (Phi) is 4.47. The van der Waals surface area contributed by atoms with Gasteiger partial charge in [-0.2, -0.15) is 0 Å². The number of aliphatic hydroxyl groups excluding tert-OH is 1. The zero-order valence-electron chi connectivity index (χ0n) is 8.79. The van der Waals surface area contributed by atoms with E-state index in [1.165, 1.54) is 7.11 Å². The first-order chi connectivity index (χ1) is 7.70. The van der Waals surface area contributed by atoms with Crippen LogP contribution in [0.4, 0.5) is 0 Å². The van der Waals surface area contributed by atoms with Gasteiger partial charge in [-0.15, -0.1) is 0 Å². The number of hydrogen-bond acceptors (Lipinski definition) is 4. The van der Waals surface area contributed by atoms with Gasteiger partial charge >= 0.3 is 5.97 Å². The summed E-state index contributed by atoms with van der Waals surface area (Å²) in [6.45, 7) is 0. The third kappa shape index (κ3) is 2.80. The quantitative estimate of drug-likeness (QED) is 0.544. The molecule has 0 bridgehead atoms. The molecular weight excluding hydrogens is 210 g/mol. The smallest absolute Gasteiger partial charge is 0.331 e. The van der Waals surface area contributed by atoms with Crippen molar-refractivity contribution in [3.05, 3.63) is 35.9 Å². The summed E-state index contributed by atoms with van der Waals surface area (Å²) in [7, 11) is 1.19. The second kappa shape index (κ2) is 5.87. The maximum Gasteiger partial charge on any atom is 0.331 e. The average molecular weight is 223 g/mol. The van der Waals surface area contributed by atoms with Crippen LogP contribution in [0.15, 0.2) is 30.3 Å². The molecule has 0 aliphatic rings. The van der Waals surface area contributed by atoms with Crippen molar-refractivity contribution in [1.29, 1.82) is 0 Å². The molecule has 0 spiro atoms. The summed E-state index contributed by atoms with van der Waals surface area (Å²) in [5.74, 6) is -0.691. The molecule has 0 aliphatic heterocycles. The molecule has 2 atom stereocenters. The van der Waals surface area contributed by atoms with E-state index >= 15 is 0 Å². The highest BCUT2D eigenvalue weighted by molar-refractivity contribution is 5.79. The lowest BCUT2D eigenvalue weighted by molar-refractivity contribution is -0.147. The van der Waals surface area contributed by atoms with Crippen molar-refractivity contribution in [2.45, 2.75) is 12.1 Å². The van der Waals surface area contributed by atoms with Gasteiger partial charge in [-0.3, -0.25) is 4.79 Å². The predicted octanol–water partition coefficient (Wildman–Crippen LogP) is 0.00760. The number of benzene rings is 1. The lowest BCUT2D eigenvalue weighted by Crippen LogP contribution is -2.41. The van der Waals surface area contributed by atoms with Gasteiger partial charge in [-0.1, -0.05) is 30.3 Å². The monoisotopic (exact) mass is 223 g/mol. The van der Waals surface area contributed by atoms with Gasteiger partial charge in [0.1, 0.15) is 6.10 Å². The molecule has 5 nitrogen and oxygen atoms in total. The van der Waals surface area contributed by atoms with Crippen LogP contribution in [0.25, 0.3) is 0 Å². The Morgan fingerprint density at radius 2 is 2.06 bits per heavy atom. The van der Waals surface area contributed by atoms with Crippen LogP contribution in [0.5, 0.6) is 0 Å². The molecule has 0 saturated heterocycles. The van der Waals surface area contributed by atoms with E-state index in [4.69, 9.17) is 0 Å². The molecule has 0 aliphatic carbocycles. The molecule has 2 unspecified atom stereocenters. The number of ether oxygens (including phenoxy) is 1. The Hall–Kier alpha value is -1.88. The second-order valence-electron chi connectivity index (χ2n) is 3.14. The number of methoxy groups -OCH3 is 1. The summed E-state index contributed by atoms with van der Waals surface area (Å²) in [5.41, 5.74) is 0.534. The van der Waals surface area contributed by atoms with E-state index in [9.17, 15) is 14.7 Å². The lowest BCUT2D eigenvalue weighted by atomic mass is 10.0. The topological polar surface area (TPSA) is 75.6 Å². The first-order valence-electron chi connectivity index (χ1n) is 4.71. The summed E-state index contributed by atoms with van der Waals surface area (Å²) >= 11 is 0. The number of rotatable bonds is 5. The number of nitrogens with one attached hydrogen (secondary N) is 1. The molecule has 86 valence electrons. The van der Waals surface area contributed by atoms with Crippen molar-refractivity contribution in [3.8, 4) is 0 Å². The van der Waals surface area contributed by atoms with E-state index in [1.54, 1.807) is 30.3 Å². The van der Waals surface area contributed by atoms with E-state index in [1.807, 2.05) is 0 Å². The van der Waals surface area contributed by atoms with Crippen molar-refractivity contribution in [2.75, 3.05) is 7.11 Å². The standard InChI is InChI=1S/C11H13NO4/c1-16-11(15)9(12-7-13)10(14)8-5-3-2-4-6-8/h2-7,9-10,14H,1H3,(H,12,13). The first-order valence-corrected chi connectivity index (χ1v) is 4.71. The minimum absolute atomic E-state index is 0.355. The number of hydrogen-bond donors (Lipinski definition) is 2. The number of aliphatic hydroxyl groups is 1. The van der Waals surface area contributed by atoms with Gasteiger partial charge in [-0.25, -0.2) is 4.79 Å². The SMILES string of the molecule is COC(=O)C(NC=O)C(O)c1ccccc1. The highest BCUT2D eigenvalue weighted by atomic mass is 16.5.